The minimum Gasteiger partial charge on any atom is -0.495 e. The molecule has 3 aromatic rings. The van der Waals surface area contributed by atoms with Crippen molar-refractivity contribution in [2.24, 2.45) is 5.92 Å². The van der Waals surface area contributed by atoms with E-state index < -0.39 is 0 Å². The van der Waals surface area contributed by atoms with Gasteiger partial charge < -0.3 is 14.4 Å². The van der Waals surface area contributed by atoms with Crippen molar-refractivity contribution in [2.75, 3.05) is 31.7 Å². The lowest BCUT2D eigenvalue weighted by atomic mass is 9.97. The zero-order valence-corrected chi connectivity index (χ0v) is 18.0. The number of carbonyl (C=O) groups is 1. The smallest absolute Gasteiger partial charge is 0.309 e. The molecule has 0 radical (unpaired) electrons. The molecular weight excluding hydrogens is 400 g/mol. The van der Waals surface area contributed by atoms with Gasteiger partial charge in [-0.2, -0.15) is 0 Å². The number of esters is 1. The van der Waals surface area contributed by atoms with Crippen LogP contribution in [0.1, 0.15) is 19.8 Å². The third kappa shape index (κ3) is 4.08. The van der Waals surface area contributed by atoms with E-state index in [0.717, 1.165) is 53.8 Å². The van der Waals surface area contributed by atoms with E-state index in [1.807, 2.05) is 31.2 Å². The molecule has 0 saturated carbocycles. The van der Waals surface area contributed by atoms with Gasteiger partial charge in [0.15, 0.2) is 0 Å². The van der Waals surface area contributed by atoms with Crippen LogP contribution in [0.15, 0.2) is 48.5 Å². The normalized spacial score (nSPS) is 14.7. The molecule has 0 amide bonds. The van der Waals surface area contributed by atoms with Gasteiger partial charge in [-0.05, 0) is 49.6 Å². The summed E-state index contributed by atoms with van der Waals surface area (Å²) >= 11 is 6.35. The van der Waals surface area contributed by atoms with E-state index >= 15 is 0 Å². The number of anilines is 1. The maximum Gasteiger partial charge on any atom is 0.309 e. The Morgan fingerprint density at radius 2 is 1.97 bits per heavy atom. The highest BCUT2D eigenvalue weighted by atomic mass is 35.5. The number of ether oxygens (including phenoxy) is 2. The van der Waals surface area contributed by atoms with Gasteiger partial charge >= 0.3 is 5.97 Å². The molecule has 1 aliphatic heterocycles. The Morgan fingerprint density at radius 1 is 1.17 bits per heavy atom. The van der Waals surface area contributed by atoms with Crippen LogP contribution >= 0.6 is 11.6 Å². The molecule has 6 heteroatoms. The lowest BCUT2D eigenvalue weighted by Crippen LogP contribution is -2.37. The molecule has 2 heterocycles. The number of aromatic nitrogens is 1. The topological polar surface area (TPSA) is 51.7 Å². The number of halogens is 1. The Labute approximate surface area is 181 Å². The molecule has 0 aliphatic carbocycles. The van der Waals surface area contributed by atoms with Crippen molar-refractivity contribution in [1.29, 1.82) is 0 Å². The molecule has 0 spiro atoms. The zero-order chi connectivity index (χ0) is 21.1. The van der Waals surface area contributed by atoms with Crippen molar-refractivity contribution in [3.63, 3.8) is 0 Å². The van der Waals surface area contributed by atoms with E-state index in [4.69, 9.17) is 26.1 Å². The number of para-hydroxylation sites is 1. The number of carbonyl (C=O) groups excluding carboxylic acids is 1. The van der Waals surface area contributed by atoms with Gasteiger partial charge in [0.25, 0.3) is 0 Å². The first kappa shape index (κ1) is 20.5. The van der Waals surface area contributed by atoms with E-state index in [-0.39, 0.29) is 11.9 Å². The summed E-state index contributed by atoms with van der Waals surface area (Å²) in [5.74, 6) is 1.48. The SMILES string of the molecule is CCOC(=O)C1CCN(c2ccc3cccc(-c4ccc(OC)c(Cl)c4)c3n2)CC1. The predicted molar refractivity (Wildman–Crippen MR) is 120 cm³/mol. The van der Waals surface area contributed by atoms with Crippen molar-refractivity contribution in [3.05, 3.63) is 53.6 Å². The first-order valence-electron chi connectivity index (χ1n) is 10.3. The number of benzene rings is 2. The number of hydrogen-bond acceptors (Lipinski definition) is 5. The van der Waals surface area contributed by atoms with Crippen LogP contribution in [0.25, 0.3) is 22.0 Å². The van der Waals surface area contributed by atoms with Gasteiger partial charge in [-0.25, -0.2) is 4.98 Å². The molecular formula is C24H25ClN2O3. The van der Waals surface area contributed by atoms with Gasteiger partial charge in [0, 0.05) is 24.0 Å². The van der Waals surface area contributed by atoms with Gasteiger partial charge in [0.1, 0.15) is 11.6 Å². The number of rotatable bonds is 5. The molecule has 1 fully saturated rings. The van der Waals surface area contributed by atoms with E-state index in [1.54, 1.807) is 7.11 Å². The Bertz CT molecular complexity index is 1060. The summed E-state index contributed by atoms with van der Waals surface area (Å²) in [5.41, 5.74) is 2.96. The number of piperidine rings is 1. The van der Waals surface area contributed by atoms with Crippen molar-refractivity contribution >= 4 is 34.3 Å². The van der Waals surface area contributed by atoms with Crippen LogP contribution in [-0.2, 0) is 9.53 Å². The summed E-state index contributed by atoms with van der Waals surface area (Å²) in [6, 6.07) is 16.1. The van der Waals surface area contributed by atoms with Crippen LogP contribution in [-0.4, -0.2) is 37.8 Å². The zero-order valence-electron chi connectivity index (χ0n) is 17.2. The summed E-state index contributed by atoms with van der Waals surface area (Å²) in [6.45, 7) is 3.86. The number of fused-ring (bicyclic) bond motifs is 1. The van der Waals surface area contributed by atoms with Gasteiger partial charge in [0.05, 0.1) is 30.2 Å². The van der Waals surface area contributed by atoms with Gasteiger partial charge in [-0.15, -0.1) is 0 Å². The van der Waals surface area contributed by atoms with Crippen LogP contribution in [0.5, 0.6) is 5.75 Å². The van der Waals surface area contributed by atoms with Crippen molar-refractivity contribution < 1.29 is 14.3 Å². The minimum atomic E-state index is -0.0812. The lowest BCUT2D eigenvalue weighted by molar-refractivity contribution is -0.148. The number of pyridine rings is 1. The second kappa shape index (κ2) is 8.92. The summed E-state index contributed by atoms with van der Waals surface area (Å²) < 4.78 is 10.5. The van der Waals surface area contributed by atoms with E-state index in [0.29, 0.717) is 17.4 Å². The molecule has 1 aliphatic rings. The summed E-state index contributed by atoms with van der Waals surface area (Å²) in [5, 5.41) is 1.65. The molecule has 1 aromatic heterocycles. The molecule has 0 unspecified atom stereocenters. The Kier molecular flexibility index (Phi) is 6.09. The van der Waals surface area contributed by atoms with Crippen LogP contribution < -0.4 is 9.64 Å². The average molecular weight is 425 g/mol. The van der Waals surface area contributed by atoms with Crippen molar-refractivity contribution in [2.45, 2.75) is 19.8 Å². The fraction of sp³-hybridized carbons (Fsp3) is 0.333. The highest BCUT2D eigenvalue weighted by Crippen LogP contribution is 2.34. The molecule has 156 valence electrons. The first-order chi connectivity index (χ1) is 14.6. The minimum absolute atomic E-state index is 0.0151. The maximum absolute atomic E-state index is 12.0. The van der Waals surface area contributed by atoms with E-state index in [2.05, 4.69) is 29.2 Å². The molecule has 2 aromatic carbocycles. The quantitative estimate of drug-likeness (QED) is 0.517. The molecule has 1 saturated heterocycles. The Hall–Kier alpha value is -2.79. The van der Waals surface area contributed by atoms with Gasteiger partial charge in [-0.1, -0.05) is 35.9 Å². The monoisotopic (exact) mass is 424 g/mol. The van der Waals surface area contributed by atoms with Gasteiger partial charge in [0.2, 0.25) is 0 Å². The largest absolute Gasteiger partial charge is 0.495 e. The van der Waals surface area contributed by atoms with Crippen LogP contribution in [0.4, 0.5) is 5.82 Å². The molecule has 30 heavy (non-hydrogen) atoms. The van der Waals surface area contributed by atoms with Gasteiger partial charge in [-0.3, -0.25) is 4.79 Å². The van der Waals surface area contributed by atoms with E-state index in [1.165, 1.54) is 0 Å². The third-order valence-corrected chi connectivity index (χ3v) is 5.90. The van der Waals surface area contributed by atoms with Crippen molar-refractivity contribution in [1.82, 2.24) is 4.98 Å². The standard InChI is InChI=1S/C24H25ClN2O3/c1-3-30-24(28)17-11-13-27(14-12-17)22-10-8-16-5-4-6-19(23(16)26-22)18-7-9-21(29-2)20(25)15-18/h4-10,15,17H,3,11-14H2,1-2H3. The third-order valence-electron chi connectivity index (χ3n) is 5.61. The molecule has 0 bridgehead atoms. The summed E-state index contributed by atoms with van der Waals surface area (Å²) in [6.07, 6.45) is 1.57. The Balaban J connectivity index is 1.62. The predicted octanol–water partition coefficient (Wildman–Crippen LogP) is 5.34. The molecule has 4 rings (SSSR count). The molecule has 0 N–H and O–H groups in total. The molecule has 0 atom stereocenters. The Morgan fingerprint density at radius 3 is 2.67 bits per heavy atom. The van der Waals surface area contributed by atoms with Crippen molar-refractivity contribution in [3.8, 4) is 16.9 Å². The first-order valence-corrected chi connectivity index (χ1v) is 10.6. The second-order valence-electron chi connectivity index (χ2n) is 7.41. The summed E-state index contributed by atoms with van der Waals surface area (Å²) in [4.78, 5) is 19.2. The average Bonchev–Trinajstić information content (AvgIpc) is 2.78. The van der Waals surface area contributed by atoms with Crippen LogP contribution in [0.2, 0.25) is 5.02 Å². The summed E-state index contributed by atoms with van der Waals surface area (Å²) in [7, 11) is 1.61. The van der Waals surface area contributed by atoms with Crippen LogP contribution in [0, 0.1) is 5.92 Å². The fourth-order valence-electron chi connectivity index (χ4n) is 3.98. The second-order valence-corrected chi connectivity index (χ2v) is 7.82. The van der Waals surface area contributed by atoms with Crippen LogP contribution in [0.3, 0.4) is 0 Å². The number of methoxy groups -OCH3 is 1. The highest BCUT2D eigenvalue weighted by Gasteiger charge is 2.26. The van der Waals surface area contributed by atoms with E-state index in [9.17, 15) is 4.79 Å². The maximum atomic E-state index is 12.0. The molecule has 5 nitrogen and oxygen atoms in total. The highest BCUT2D eigenvalue weighted by molar-refractivity contribution is 6.32. The number of nitrogens with zero attached hydrogens (tertiary/aromatic N) is 2. The number of hydrogen-bond donors (Lipinski definition) is 0. The lowest BCUT2D eigenvalue weighted by Gasteiger charge is -2.31. The fourth-order valence-corrected chi connectivity index (χ4v) is 4.24.